The zero-order chi connectivity index (χ0) is 13.2. The third kappa shape index (κ3) is 2.43. The maximum atomic E-state index is 12.1. The lowest BCUT2D eigenvalue weighted by molar-refractivity contribution is -0.118. The number of phenols is 1. The summed E-state index contributed by atoms with van der Waals surface area (Å²) in [5, 5.41) is 15.2. The van der Waals surface area contributed by atoms with Gasteiger partial charge in [-0.15, -0.1) is 0 Å². The number of phenolic OH excluding ortho intramolecular Hbond substituents is 1. The Labute approximate surface area is 109 Å². The first-order chi connectivity index (χ1) is 9.22. The van der Waals surface area contributed by atoms with E-state index >= 15 is 0 Å². The predicted molar refractivity (Wildman–Crippen MR) is 69.7 cm³/mol. The number of nitrogens with zero attached hydrogens (tertiary/aromatic N) is 1. The second-order valence-corrected chi connectivity index (χ2v) is 4.50. The predicted octanol–water partition coefficient (Wildman–Crippen LogP) is 0.768. The summed E-state index contributed by atoms with van der Waals surface area (Å²) in [5.74, 6) is 0.0781. The van der Waals surface area contributed by atoms with E-state index in [1.807, 2.05) is 0 Å². The Kier molecular flexibility index (Phi) is 2.92. The molecule has 1 atom stereocenters. The summed E-state index contributed by atoms with van der Waals surface area (Å²) in [6, 6.07) is 6.11. The zero-order valence-electron chi connectivity index (χ0n) is 10.2. The fourth-order valence-corrected chi connectivity index (χ4v) is 2.13. The maximum absolute atomic E-state index is 12.1. The van der Waals surface area contributed by atoms with Crippen molar-refractivity contribution in [2.45, 2.75) is 19.0 Å². The number of rotatable bonds is 2. The monoisotopic (exact) mass is 258 g/mol. The molecule has 1 aromatic heterocycles. The van der Waals surface area contributed by atoms with Gasteiger partial charge in [-0.2, -0.15) is 0 Å². The third-order valence-corrected chi connectivity index (χ3v) is 3.18. The first kappa shape index (κ1) is 11.7. The molecule has 1 aliphatic heterocycles. The average Bonchev–Trinajstić information content (AvgIpc) is 2.88. The number of carbonyl (C=O) groups is 1. The molecule has 6 heteroatoms. The lowest BCUT2D eigenvalue weighted by atomic mass is 10.0. The fraction of sp³-hybridized carbons (Fsp3) is 0.231. The van der Waals surface area contributed by atoms with Crippen molar-refractivity contribution in [1.29, 1.82) is 0 Å². The van der Waals surface area contributed by atoms with Crippen LogP contribution in [-0.4, -0.2) is 27.0 Å². The maximum Gasteiger partial charge on any atom is 0.241 e. The van der Waals surface area contributed by atoms with Gasteiger partial charge in [0.1, 0.15) is 5.75 Å². The number of anilines is 1. The average molecular weight is 258 g/mol. The van der Waals surface area contributed by atoms with Crippen molar-refractivity contribution in [2.24, 2.45) is 0 Å². The van der Waals surface area contributed by atoms with Gasteiger partial charge >= 0.3 is 0 Å². The van der Waals surface area contributed by atoms with Gasteiger partial charge in [0, 0.05) is 18.7 Å². The van der Waals surface area contributed by atoms with E-state index in [9.17, 15) is 9.90 Å². The van der Waals surface area contributed by atoms with Gasteiger partial charge in [-0.3, -0.25) is 10.1 Å². The van der Waals surface area contributed by atoms with Crippen LogP contribution >= 0.6 is 0 Å². The van der Waals surface area contributed by atoms with Gasteiger partial charge in [0.15, 0.2) is 0 Å². The van der Waals surface area contributed by atoms with Crippen LogP contribution in [0.2, 0.25) is 0 Å². The summed E-state index contributed by atoms with van der Waals surface area (Å²) in [6.45, 7) is 0.614. The van der Waals surface area contributed by atoms with Gasteiger partial charge in [0.25, 0.3) is 0 Å². The minimum absolute atomic E-state index is 0.0978. The van der Waals surface area contributed by atoms with Crippen molar-refractivity contribution >= 4 is 11.6 Å². The number of H-pyrrole nitrogens is 1. The molecule has 0 bridgehead atoms. The molecule has 3 rings (SSSR count). The number of aromatic nitrogens is 2. The number of nitrogens with one attached hydrogen (secondary N) is 3. The molecular weight excluding hydrogens is 244 g/mol. The van der Waals surface area contributed by atoms with Crippen molar-refractivity contribution in [3.63, 3.8) is 0 Å². The van der Waals surface area contributed by atoms with E-state index in [0.717, 1.165) is 11.4 Å². The Bertz CT molecular complexity index is 591. The topological polar surface area (TPSA) is 90.0 Å². The highest BCUT2D eigenvalue weighted by molar-refractivity contribution is 5.95. The first-order valence-corrected chi connectivity index (χ1v) is 6.07. The number of imidazole rings is 1. The zero-order valence-corrected chi connectivity index (χ0v) is 10.2. The van der Waals surface area contributed by atoms with Gasteiger partial charge in [-0.25, -0.2) is 4.98 Å². The van der Waals surface area contributed by atoms with E-state index in [1.54, 1.807) is 18.5 Å². The van der Waals surface area contributed by atoms with Crippen molar-refractivity contribution in [3.05, 3.63) is 42.0 Å². The molecule has 19 heavy (non-hydrogen) atoms. The highest BCUT2D eigenvalue weighted by Gasteiger charge is 2.25. The van der Waals surface area contributed by atoms with Crippen molar-refractivity contribution < 1.29 is 9.90 Å². The smallest absolute Gasteiger partial charge is 0.241 e. The Morgan fingerprint density at radius 1 is 1.37 bits per heavy atom. The van der Waals surface area contributed by atoms with Gasteiger partial charge in [0.05, 0.1) is 23.8 Å². The third-order valence-electron chi connectivity index (χ3n) is 3.18. The summed E-state index contributed by atoms with van der Waals surface area (Å²) in [4.78, 5) is 19.3. The normalized spacial score (nSPS) is 17.8. The summed E-state index contributed by atoms with van der Waals surface area (Å²) in [6.07, 6.45) is 2.22. The molecule has 0 saturated heterocycles. The molecule has 0 saturated carbocycles. The van der Waals surface area contributed by atoms with Crippen molar-refractivity contribution in [3.8, 4) is 5.75 Å². The van der Waals surface area contributed by atoms with E-state index in [4.69, 9.17) is 0 Å². The van der Waals surface area contributed by atoms with Crippen LogP contribution in [-0.2, 0) is 17.8 Å². The number of fused-ring (bicyclic) bond motifs is 1. The van der Waals surface area contributed by atoms with Gasteiger partial charge < -0.3 is 15.4 Å². The number of hydrogen-bond acceptors (Lipinski definition) is 4. The van der Waals surface area contributed by atoms with Crippen LogP contribution < -0.4 is 10.6 Å². The number of carbonyl (C=O) groups excluding carboxylic acids is 1. The second-order valence-electron chi connectivity index (χ2n) is 4.50. The van der Waals surface area contributed by atoms with Crippen LogP contribution in [0.25, 0.3) is 0 Å². The molecule has 1 aromatic carbocycles. The summed E-state index contributed by atoms with van der Waals surface area (Å²) in [7, 11) is 0. The molecule has 98 valence electrons. The van der Waals surface area contributed by atoms with Crippen LogP contribution in [0.4, 0.5) is 5.69 Å². The number of benzene rings is 1. The largest absolute Gasteiger partial charge is 0.508 e. The molecule has 6 nitrogen and oxygen atoms in total. The summed E-state index contributed by atoms with van der Waals surface area (Å²) < 4.78 is 0. The fourth-order valence-electron chi connectivity index (χ4n) is 2.13. The number of aromatic amines is 1. The van der Waals surface area contributed by atoms with E-state index in [-0.39, 0.29) is 17.7 Å². The molecule has 2 aromatic rings. The van der Waals surface area contributed by atoms with Crippen LogP contribution in [0.15, 0.2) is 30.6 Å². The number of aromatic hydroxyl groups is 1. The van der Waals surface area contributed by atoms with E-state index in [0.29, 0.717) is 18.7 Å². The quantitative estimate of drug-likeness (QED) is 0.599. The Morgan fingerprint density at radius 2 is 2.16 bits per heavy atom. The Balaban J connectivity index is 1.67. The van der Waals surface area contributed by atoms with Crippen LogP contribution in [0.3, 0.4) is 0 Å². The Morgan fingerprint density at radius 3 is 2.95 bits per heavy atom. The second kappa shape index (κ2) is 4.74. The van der Waals surface area contributed by atoms with Gasteiger partial charge in [0.2, 0.25) is 5.91 Å². The minimum Gasteiger partial charge on any atom is -0.508 e. The number of hydrogen-bond donors (Lipinski definition) is 4. The molecule has 4 N–H and O–H groups in total. The van der Waals surface area contributed by atoms with Gasteiger partial charge in [-0.1, -0.05) is 0 Å². The van der Waals surface area contributed by atoms with E-state index in [2.05, 4.69) is 20.6 Å². The molecular formula is C13H14N4O2. The standard InChI is InChI=1S/C13H14N4O2/c18-9-3-1-8(2-4-9)17-13(19)11-5-10-12(6-14-11)16-7-15-10/h1-4,7,11,14,18H,5-6H2,(H,15,16)(H,17,19). The van der Waals surface area contributed by atoms with Crippen molar-refractivity contribution in [1.82, 2.24) is 15.3 Å². The van der Waals surface area contributed by atoms with E-state index < -0.39 is 0 Å². The number of amides is 1. The minimum atomic E-state index is -0.287. The highest BCUT2D eigenvalue weighted by atomic mass is 16.3. The lowest BCUT2D eigenvalue weighted by Gasteiger charge is -2.22. The van der Waals surface area contributed by atoms with Gasteiger partial charge in [-0.05, 0) is 24.3 Å². The SMILES string of the molecule is O=C(Nc1ccc(O)cc1)C1Cc2nc[nH]c2CN1. The molecule has 0 fully saturated rings. The molecule has 2 heterocycles. The summed E-state index contributed by atoms with van der Waals surface area (Å²) >= 11 is 0. The molecule has 0 spiro atoms. The molecule has 0 aliphatic carbocycles. The van der Waals surface area contributed by atoms with E-state index in [1.165, 1.54) is 12.1 Å². The Hall–Kier alpha value is -2.34. The first-order valence-electron chi connectivity index (χ1n) is 6.07. The molecule has 1 unspecified atom stereocenters. The molecule has 1 amide bonds. The molecule has 0 radical (unpaired) electrons. The highest BCUT2D eigenvalue weighted by Crippen LogP contribution is 2.16. The van der Waals surface area contributed by atoms with Crippen molar-refractivity contribution in [2.75, 3.05) is 5.32 Å². The lowest BCUT2D eigenvalue weighted by Crippen LogP contribution is -2.44. The van der Waals surface area contributed by atoms with Crippen LogP contribution in [0.1, 0.15) is 11.4 Å². The summed E-state index contributed by atoms with van der Waals surface area (Å²) in [5.41, 5.74) is 2.63. The van der Waals surface area contributed by atoms with Crippen LogP contribution in [0.5, 0.6) is 5.75 Å². The molecule has 1 aliphatic rings. The van der Waals surface area contributed by atoms with Crippen LogP contribution in [0, 0.1) is 0 Å².